The monoisotopic (exact) mass is 500 g/mol. The number of benzene rings is 2. The summed E-state index contributed by atoms with van der Waals surface area (Å²) in [5.41, 5.74) is 2.65. The van der Waals surface area contributed by atoms with Gasteiger partial charge >= 0.3 is 0 Å². The van der Waals surface area contributed by atoms with Gasteiger partial charge in [0.2, 0.25) is 21.8 Å². The summed E-state index contributed by atoms with van der Waals surface area (Å²) >= 11 is 1.17. The first kappa shape index (κ1) is 23.0. The van der Waals surface area contributed by atoms with E-state index in [1.165, 1.54) is 27.7 Å². The lowest BCUT2D eigenvalue weighted by Gasteiger charge is -2.29. The molecule has 34 heavy (non-hydrogen) atoms. The first-order valence-corrected chi connectivity index (χ1v) is 13.5. The molecule has 3 heterocycles. The topological polar surface area (TPSA) is 106 Å². The fourth-order valence-electron chi connectivity index (χ4n) is 4.10. The van der Waals surface area contributed by atoms with Crippen LogP contribution in [-0.4, -0.2) is 67.4 Å². The minimum atomic E-state index is -3.64. The maximum Gasteiger partial charge on any atom is 0.277 e. The van der Waals surface area contributed by atoms with Crippen molar-refractivity contribution in [3.8, 4) is 11.5 Å². The van der Waals surface area contributed by atoms with E-state index in [1.54, 1.807) is 18.2 Å². The summed E-state index contributed by atoms with van der Waals surface area (Å²) in [6.07, 6.45) is 1.91. The molecule has 1 fully saturated rings. The average Bonchev–Trinajstić information content (AvgIpc) is 3.37. The number of anilines is 1. The second kappa shape index (κ2) is 9.87. The highest BCUT2D eigenvalue weighted by Gasteiger charge is 2.27. The molecule has 178 valence electrons. The van der Waals surface area contributed by atoms with Gasteiger partial charge in [-0.3, -0.25) is 4.79 Å². The van der Waals surface area contributed by atoms with Crippen LogP contribution in [0.1, 0.15) is 12.0 Å². The lowest BCUT2D eigenvalue weighted by Crippen LogP contribution is -2.40. The molecule has 5 rings (SSSR count). The molecular weight excluding hydrogens is 476 g/mol. The standard InChI is InChI=1S/C23H24N4O5S2/c28-21(27-10-4-7-17-5-1-2-9-20(17)27)16-33-23-25-24-22(32-23)18-6-3-8-19(15-18)34(29,30)26-11-13-31-14-12-26/h1-3,5-6,8-9,15H,4,7,10-14,16H2. The van der Waals surface area contributed by atoms with Gasteiger partial charge in [0.1, 0.15) is 0 Å². The van der Waals surface area contributed by atoms with Crippen molar-refractivity contribution < 1.29 is 22.4 Å². The SMILES string of the molecule is O=C(CSc1nnc(-c2cccc(S(=O)(=O)N3CCOCC3)c2)o1)N1CCCc2ccccc21. The molecule has 0 spiro atoms. The second-order valence-electron chi connectivity index (χ2n) is 7.98. The molecule has 0 bridgehead atoms. The smallest absolute Gasteiger partial charge is 0.277 e. The molecule has 0 atom stereocenters. The van der Waals surface area contributed by atoms with Crippen molar-refractivity contribution in [2.45, 2.75) is 23.0 Å². The van der Waals surface area contributed by atoms with Gasteiger partial charge < -0.3 is 14.1 Å². The molecule has 1 amide bonds. The van der Waals surface area contributed by atoms with Gasteiger partial charge in [-0.1, -0.05) is 36.0 Å². The number of rotatable bonds is 6. The van der Waals surface area contributed by atoms with E-state index in [0.29, 0.717) is 38.4 Å². The molecule has 0 unspecified atom stereocenters. The van der Waals surface area contributed by atoms with Gasteiger partial charge in [-0.25, -0.2) is 8.42 Å². The van der Waals surface area contributed by atoms with Crippen molar-refractivity contribution in [2.24, 2.45) is 0 Å². The van der Waals surface area contributed by atoms with E-state index in [-0.39, 0.29) is 27.7 Å². The number of morpholine rings is 1. The predicted molar refractivity (Wildman–Crippen MR) is 127 cm³/mol. The maximum absolute atomic E-state index is 12.9. The molecule has 1 saturated heterocycles. The number of thioether (sulfide) groups is 1. The molecular formula is C23H24N4O5S2. The van der Waals surface area contributed by atoms with Crippen LogP contribution in [0.5, 0.6) is 0 Å². The van der Waals surface area contributed by atoms with E-state index in [9.17, 15) is 13.2 Å². The number of aryl methyl sites for hydroxylation is 1. The van der Waals surface area contributed by atoms with Crippen LogP contribution in [0.4, 0.5) is 5.69 Å². The Kier molecular flexibility index (Phi) is 6.68. The first-order chi connectivity index (χ1) is 16.5. The second-order valence-corrected chi connectivity index (χ2v) is 10.8. The molecule has 3 aromatic rings. The van der Waals surface area contributed by atoms with Crippen molar-refractivity contribution in [1.29, 1.82) is 0 Å². The van der Waals surface area contributed by atoms with E-state index in [4.69, 9.17) is 9.15 Å². The van der Waals surface area contributed by atoms with Gasteiger partial charge in [-0.05, 0) is 42.7 Å². The fourth-order valence-corrected chi connectivity index (χ4v) is 6.20. The molecule has 0 saturated carbocycles. The molecule has 2 aromatic carbocycles. The van der Waals surface area contributed by atoms with Gasteiger partial charge in [0, 0.05) is 30.9 Å². The largest absolute Gasteiger partial charge is 0.411 e. The first-order valence-electron chi connectivity index (χ1n) is 11.1. The molecule has 2 aliphatic heterocycles. The number of sulfonamides is 1. The van der Waals surface area contributed by atoms with Crippen LogP contribution >= 0.6 is 11.8 Å². The van der Waals surface area contributed by atoms with Crippen LogP contribution in [0, 0.1) is 0 Å². The Morgan fingerprint density at radius 3 is 2.71 bits per heavy atom. The predicted octanol–water partition coefficient (Wildman–Crippen LogP) is 2.83. The van der Waals surface area contributed by atoms with E-state index in [1.807, 2.05) is 23.1 Å². The Bertz CT molecular complexity index is 1290. The van der Waals surface area contributed by atoms with Crippen molar-refractivity contribution in [1.82, 2.24) is 14.5 Å². The van der Waals surface area contributed by atoms with E-state index >= 15 is 0 Å². The molecule has 11 heteroatoms. The number of carbonyl (C=O) groups is 1. The third-order valence-electron chi connectivity index (χ3n) is 5.83. The lowest BCUT2D eigenvalue weighted by atomic mass is 10.0. The van der Waals surface area contributed by atoms with Crippen molar-refractivity contribution in [2.75, 3.05) is 43.5 Å². The Hall–Kier alpha value is -2.73. The number of amides is 1. The van der Waals surface area contributed by atoms with Gasteiger partial charge in [0.15, 0.2) is 0 Å². The fraction of sp³-hybridized carbons (Fsp3) is 0.348. The highest BCUT2D eigenvalue weighted by atomic mass is 32.2. The normalized spacial score (nSPS) is 16.9. The molecule has 1 aromatic heterocycles. The minimum Gasteiger partial charge on any atom is -0.411 e. The minimum absolute atomic E-state index is 0.0181. The number of para-hydroxylation sites is 1. The van der Waals surface area contributed by atoms with Crippen molar-refractivity contribution in [3.63, 3.8) is 0 Å². The summed E-state index contributed by atoms with van der Waals surface area (Å²) < 4.78 is 38.3. The van der Waals surface area contributed by atoms with E-state index in [2.05, 4.69) is 16.3 Å². The van der Waals surface area contributed by atoms with Crippen LogP contribution in [0.15, 0.2) is 63.1 Å². The zero-order valence-corrected chi connectivity index (χ0v) is 20.1. The van der Waals surface area contributed by atoms with Crippen LogP contribution in [0.3, 0.4) is 0 Å². The number of ether oxygens (including phenoxy) is 1. The number of hydrogen-bond acceptors (Lipinski definition) is 8. The number of nitrogens with zero attached hydrogens (tertiary/aromatic N) is 4. The summed E-state index contributed by atoms with van der Waals surface area (Å²) in [6, 6.07) is 14.4. The molecule has 0 N–H and O–H groups in total. The number of aromatic nitrogens is 2. The summed E-state index contributed by atoms with van der Waals surface area (Å²) in [7, 11) is -3.64. The van der Waals surface area contributed by atoms with Crippen molar-refractivity contribution in [3.05, 3.63) is 54.1 Å². The average molecular weight is 501 g/mol. The molecule has 0 aliphatic carbocycles. The van der Waals surface area contributed by atoms with Crippen LogP contribution in [-0.2, 0) is 26.0 Å². The summed E-state index contributed by atoms with van der Waals surface area (Å²) in [6.45, 7) is 2.10. The summed E-state index contributed by atoms with van der Waals surface area (Å²) in [4.78, 5) is 14.8. The molecule has 9 nitrogen and oxygen atoms in total. The number of fused-ring (bicyclic) bond motifs is 1. The highest BCUT2D eigenvalue weighted by molar-refractivity contribution is 7.99. The highest BCUT2D eigenvalue weighted by Crippen LogP contribution is 2.29. The summed E-state index contributed by atoms with van der Waals surface area (Å²) in [5, 5.41) is 8.35. The Morgan fingerprint density at radius 1 is 1.03 bits per heavy atom. The van der Waals surface area contributed by atoms with Crippen LogP contribution in [0.25, 0.3) is 11.5 Å². The van der Waals surface area contributed by atoms with E-state index < -0.39 is 10.0 Å². The Labute approximate surface area is 202 Å². The third kappa shape index (κ3) is 4.74. The maximum atomic E-state index is 12.9. The van der Waals surface area contributed by atoms with Gasteiger partial charge in [0.25, 0.3) is 5.22 Å². The van der Waals surface area contributed by atoms with Gasteiger partial charge in [-0.15, -0.1) is 10.2 Å². The molecule has 0 radical (unpaired) electrons. The zero-order valence-electron chi connectivity index (χ0n) is 18.4. The van der Waals surface area contributed by atoms with Crippen molar-refractivity contribution >= 4 is 33.4 Å². The quantitative estimate of drug-likeness (QED) is 0.476. The Morgan fingerprint density at radius 2 is 1.85 bits per heavy atom. The lowest BCUT2D eigenvalue weighted by molar-refractivity contribution is -0.116. The summed E-state index contributed by atoms with van der Waals surface area (Å²) in [5.74, 6) is 0.356. The third-order valence-corrected chi connectivity index (χ3v) is 8.52. The van der Waals surface area contributed by atoms with Crippen LogP contribution < -0.4 is 4.90 Å². The van der Waals surface area contributed by atoms with E-state index in [0.717, 1.165) is 18.5 Å². The van der Waals surface area contributed by atoms with Gasteiger partial charge in [0.05, 0.1) is 23.9 Å². The van der Waals surface area contributed by atoms with Crippen LogP contribution in [0.2, 0.25) is 0 Å². The zero-order chi connectivity index (χ0) is 23.5. The van der Waals surface area contributed by atoms with Gasteiger partial charge in [-0.2, -0.15) is 4.31 Å². The molecule has 2 aliphatic rings. The Balaban J connectivity index is 1.27. The number of carbonyl (C=O) groups excluding carboxylic acids is 1. The number of hydrogen-bond donors (Lipinski definition) is 0.